The average molecular weight is 301 g/mol. The van der Waals surface area contributed by atoms with Gasteiger partial charge in [0.1, 0.15) is 0 Å². The first-order valence-corrected chi connectivity index (χ1v) is 7.62. The predicted molar refractivity (Wildman–Crippen MR) is 74.2 cm³/mol. The van der Waals surface area contributed by atoms with Gasteiger partial charge in [-0.05, 0) is 38.0 Å². The van der Waals surface area contributed by atoms with Crippen LogP contribution in [0, 0.1) is 6.92 Å². The zero-order chi connectivity index (χ0) is 15.6. The molecule has 1 rings (SSSR count). The van der Waals surface area contributed by atoms with E-state index in [4.69, 9.17) is 5.11 Å². The zero-order valence-corrected chi connectivity index (χ0v) is 12.5. The fraction of sp³-hybridized carbons (Fsp3) is 0.462. The summed E-state index contributed by atoms with van der Waals surface area (Å²) >= 11 is 0. The lowest BCUT2D eigenvalue weighted by molar-refractivity contribution is 0.0696. The molecule has 1 aromatic carbocycles. The molecule has 0 aliphatic carbocycles. The molecule has 7 heteroatoms. The van der Waals surface area contributed by atoms with Crippen molar-refractivity contribution in [2.45, 2.75) is 37.6 Å². The maximum atomic E-state index is 12.3. The number of carboxylic acids is 1. The molecule has 0 saturated heterocycles. The summed E-state index contributed by atoms with van der Waals surface area (Å²) in [7, 11) is -3.90. The number of hydrogen-bond donors (Lipinski definition) is 3. The van der Waals surface area contributed by atoms with E-state index in [0.717, 1.165) is 6.07 Å². The first-order valence-electron chi connectivity index (χ1n) is 6.14. The smallest absolute Gasteiger partial charge is 0.335 e. The summed E-state index contributed by atoms with van der Waals surface area (Å²) in [6.07, 6.45) is 0.403. The van der Waals surface area contributed by atoms with Crippen LogP contribution in [0.15, 0.2) is 23.1 Å². The number of benzene rings is 1. The normalized spacial score (nSPS) is 14.8. The first-order chi connectivity index (χ1) is 9.15. The number of hydrogen-bond acceptors (Lipinski definition) is 4. The van der Waals surface area contributed by atoms with Gasteiger partial charge in [-0.2, -0.15) is 0 Å². The highest BCUT2D eigenvalue weighted by Crippen LogP contribution is 2.20. The van der Waals surface area contributed by atoms with Crippen molar-refractivity contribution >= 4 is 16.0 Å². The molecule has 0 fully saturated rings. The molecule has 1 aromatic rings. The van der Waals surface area contributed by atoms with Crippen LogP contribution in [0.1, 0.15) is 36.2 Å². The second-order valence-corrected chi connectivity index (χ2v) is 6.61. The van der Waals surface area contributed by atoms with Crippen molar-refractivity contribution in [1.29, 1.82) is 0 Å². The molecule has 0 heterocycles. The van der Waals surface area contributed by atoms with Gasteiger partial charge in [0.15, 0.2) is 0 Å². The third kappa shape index (κ3) is 3.56. The molecule has 0 radical (unpaired) electrons. The lowest BCUT2D eigenvalue weighted by Gasteiger charge is -2.27. The zero-order valence-electron chi connectivity index (χ0n) is 11.7. The number of aromatic carboxylic acids is 1. The Hall–Kier alpha value is -1.44. The Labute approximate surface area is 118 Å². The Morgan fingerprint density at radius 1 is 1.40 bits per heavy atom. The van der Waals surface area contributed by atoms with Crippen LogP contribution in [0.3, 0.4) is 0 Å². The Bertz CT molecular complexity index is 605. The number of aryl methyl sites for hydroxylation is 1. The monoisotopic (exact) mass is 301 g/mol. The summed E-state index contributed by atoms with van der Waals surface area (Å²) in [5.41, 5.74) is -0.637. The molecule has 0 bridgehead atoms. The molecule has 3 N–H and O–H groups in total. The molecule has 1 unspecified atom stereocenters. The molecule has 20 heavy (non-hydrogen) atoms. The Kier molecular flexibility index (Phi) is 4.90. The van der Waals surface area contributed by atoms with Gasteiger partial charge in [-0.1, -0.05) is 13.0 Å². The van der Waals surface area contributed by atoms with Crippen molar-refractivity contribution in [1.82, 2.24) is 4.72 Å². The van der Waals surface area contributed by atoms with E-state index in [9.17, 15) is 18.3 Å². The molecule has 0 spiro atoms. The highest BCUT2D eigenvalue weighted by Gasteiger charge is 2.29. The van der Waals surface area contributed by atoms with Crippen LogP contribution in [0.5, 0.6) is 0 Å². The van der Waals surface area contributed by atoms with E-state index >= 15 is 0 Å². The number of aliphatic hydroxyl groups excluding tert-OH is 1. The largest absolute Gasteiger partial charge is 0.478 e. The van der Waals surface area contributed by atoms with E-state index in [1.54, 1.807) is 20.8 Å². The molecular formula is C13H19NO5S. The minimum atomic E-state index is -3.90. The van der Waals surface area contributed by atoms with Gasteiger partial charge < -0.3 is 10.2 Å². The fourth-order valence-electron chi connectivity index (χ4n) is 1.62. The van der Waals surface area contributed by atoms with Crippen molar-refractivity contribution in [2.24, 2.45) is 0 Å². The Morgan fingerprint density at radius 2 is 2.00 bits per heavy atom. The minimum Gasteiger partial charge on any atom is -0.478 e. The van der Waals surface area contributed by atoms with E-state index in [-0.39, 0.29) is 17.1 Å². The van der Waals surface area contributed by atoms with Crippen molar-refractivity contribution < 1.29 is 23.4 Å². The van der Waals surface area contributed by atoms with Gasteiger partial charge in [0.05, 0.1) is 22.6 Å². The van der Waals surface area contributed by atoms with Crippen LogP contribution in [0.4, 0.5) is 0 Å². The van der Waals surface area contributed by atoms with Crippen molar-refractivity contribution in [3.05, 3.63) is 29.3 Å². The maximum Gasteiger partial charge on any atom is 0.335 e. The van der Waals surface area contributed by atoms with Gasteiger partial charge in [0.25, 0.3) is 0 Å². The number of sulfonamides is 1. The second kappa shape index (κ2) is 5.90. The summed E-state index contributed by atoms with van der Waals surface area (Å²) in [4.78, 5) is 10.8. The van der Waals surface area contributed by atoms with E-state index in [1.165, 1.54) is 12.1 Å². The van der Waals surface area contributed by atoms with E-state index in [0.29, 0.717) is 12.0 Å². The summed E-state index contributed by atoms with van der Waals surface area (Å²) in [6, 6.07) is 3.91. The third-order valence-electron chi connectivity index (χ3n) is 3.23. The van der Waals surface area contributed by atoms with E-state index in [2.05, 4.69) is 4.72 Å². The van der Waals surface area contributed by atoms with Crippen molar-refractivity contribution in [3.8, 4) is 0 Å². The quantitative estimate of drug-likeness (QED) is 0.731. The third-order valence-corrected chi connectivity index (χ3v) is 5.02. The van der Waals surface area contributed by atoms with Gasteiger partial charge in [-0.3, -0.25) is 0 Å². The molecule has 0 saturated carbocycles. The molecule has 112 valence electrons. The highest BCUT2D eigenvalue weighted by molar-refractivity contribution is 7.89. The SMILES string of the molecule is CCC(C)(CO)NS(=O)(=O)c1cc(C(=O)O)ccc1C. The number of carboxylic acid groups (broad SMARTS) is 1. The van der Waals surface area contributed by atoms with Crippen LogP contribution >= 0.6 is 0 Å². The van der Waals surface area contributed by atoms with Gasteiger partial charge in [-0.15, -0.1) is 0 Å². The van der Waals surface area contributed by atoms with Crippen LogP contribution < -0.4 is 4.72 Å². The summed E-state index contributed by atoms with van der Waals surface area (Å²) < 4.78 is 27.1. The van der Waals surface area contributed by atoms with Gasteiger partial charge >= 0.3 is 5.97 Å². The fourth-order valence-corrected chi connectivity index (χ4v) is 3.36. The molecular weight excluding hydrogens is 282 g/mol. The summed E-state index contributed by atoms with van der Waals surface area (Å²) in [5, 5.41) is 18.2. The summed E-state index contributed by atoms with van der Waals surface area (Å²) in [5.74, 6) is -1.19. The average Bonchev–Trinajstić information content (AvgIpc) is 2.38. The minimum absolute atomic E-state index is 0.0921. The van der Waals surface area contributed by atoms with Crippen LogP contribution in [0.25, 0.3) is 0 Å². The number of nitrogens with one attached hydrogen (secondary N) is 1. The molecule has 0 amide bonds. The molecule has 6 nitrogen and oxygen atoms in total. The van der Waals surface area contributed by atoms with Crippen LogP contribution in [0.2, 0.25) is 0 Å². The number of rotatable bonds is 6. The van der Waals surface area contributed by atoms with E-state index in [1.807, 2.05) is 0 Å². The molecule has 1 atom stereocenters. The standard InChI is InChI=1S/C13H19NO5S/c1-4-13(3,8-15)14-20(18,19)11-7-10(12(16)17)6-5-9(11)2/h5-7,14-15H,4,8H2,1-3H3,(H,16,17). The first kappa shape index (κ1) is 16.6. The number of carbonyl (C=O) groups is 1. The highest BCUT2D eigenvalue weighted by atomic mass is 32.2. The van der Waals surface area contributed by atoms with Crippen molar-refractivity contribution in [2.75, 3.05) is 6.61 Å². The maximum absolute atomic E-state index is 12.3. The van der Waals surface area contributed by atoms with Gasteiger partial charge in [0.2, 0.25) is 10.0 Å². The topological polar surface area (TPSA) is 104 Å². The Morgan fingerprint density at radius 3 is 2.45 bits per heavy atom. The van der Waals surface area contributed by atoms with Crippen LogP contribution in [-0.2, 0) is 10.0 Å². The predicted octanol–water partition coefficient (Wildman–Crippen LogP) is 1.13. The number of aliphatic hydroxyl groups is 1. The lowest BCUT2D eigenvalue weighted by Crippen LogP contribution is -2.48. The second-order valence-electron chi connectivity index (χ2n) is 4.96. The van der Waals surface area contributed by atoms with E-state index < -0.39 is 21.5 Å². The molecule has 0 aromatic heterocycles. The lowest BCUT2D eigenvalue weighted by atomic mass is 10.0. The Balaban J connectivity index is 3.28. The van der Waals surface area contributed by atoms with Gasteiger partial charge in [0, 0.05) is 0 Å². The van der Waals surface area contributed by atoms with Crippen molar-refractivity contribution in [3.63, 3.8) is 0 Å². The van der Waals surface area contributed by atoms with Gasteiger partial charge in [-0.25, -0.2) is 17.9 Å². The molecule has 0 aliphatic heterocycles. The van der Waals surface area contributed by atoms with Crippen LogP contribution in [-0.4, -0.2) is 36.7 Å². The summed E-state index contributed by atoms with van der Waals surface area (Å²) in [6.45, 7) is 4.57. The molecule has 0 aliphatic rings.